The van der Waals surface area contributed by atoms with Crippen molar-refractivity contribution in [3.63, 3.8) is 0 Å². The molecule has 1 fully saturated rings. The van der Waals surface area contributed by atoms with Crippen LogP contribution in [0.1, 0.15) is 64.0 Å². The highest BCUT2D eigenvalue weighted by atomic mass is 16.3. The smallest absolute Gasteiger partial charge is 0.119 e. The molecular weight excluding hydrogens is 250 g/mol. The molecule has 1 aliphatic rings. The molecular formula is C17H27NO2. The first-order chi connectivity index (χ1) is 9.56. The fourth-order valence-corrected chi connectivity index (χ4v) is 3.31. The minimum atomic E-state index is 0.121. The van der Waals surface area contributed by atoms with E-state index in [1.54, 1.807) is 12.1 Å². The van der Waals surface area contributed by atoms with Gasteiger partial charge in [-0.25, -0.2) is 0 Å². The van der Waals surface area contributed by atoms with E-state index in [0.717, 1.165) is 11.5 Å². The van der Waals surface area contributed by atoms with E-state index in [9.17, 15) is 10.2 Å². The van der Waals surface area contributed by atoms with Gasteiger partial charge in [-0.3, -0.25) is 0 Å². The van der Waals surface area contributed by atoms with Gasteiger partial charge >= 0.3 is 0 Å². The summed E-state index contributed by atoms with van der Waals surface area (Å²) in [5.74, 6) is 0.984. The minimum absolute atomic E-state index is 0.121. The van der Waals surface area contributed by atoms with Crippen molar-refractivity contribution in [2.24, 2.45) is 5.92 Å². The Kier molecular flexibility index (Phi) is 5.30. The summed E-state index contributed by atoms with van der Waals surface area (Å²) in [5.41, 5.74) is 0.933. The molecule has 3 N–H and O–H groups in total. The molecule has 1 saturated carbocycles. The van der Waals surface area contributed by atoms with E-state index >= 15 is 0 Å². The molecule has 112 valence electrons. The van der Waals surface area contributed by atoms with Crippen molar-refractivity contribution in [1.29, 1.82) is 0 Å². The molecule has 1 aromatic carbocycles. The first-order valence-electron chi connectivity index (χ1n) is 7.85. The predicted molar refractivity (Wildman–Crippen MR) is 82.0 cm³/mol. The van der Waals surface area contributed by atoms with Crippen LogP contribution in [0.25, 0.3) is 0 Å². The van der Waals surface area contributed by atoms with Gasteiger partial charge in [0.2, 0.25) is 0 Å². The molecule has 1 aromatic rings. The average Bonchev–Trinajstić information content (AvgIpc) is 2.66. The molecule has 3 nitrogen and oxygen atoms in total. The topological polar surface area (TPSA) is 52.5 Å². The second kappa shape index (κ2) is 6.98. The fraction of sp³-hybridized carbons (Fsp3) is 0.647. The summed E-state index contributed by atoms with van der Waals surface area (Å²) in [7, 11) is 0. The van der Waals surface area contributed by atoms with E-state index in [0.29, 0.717) is 6.04 Å². The normalized spacial score (nSPS) is 20.3. The lowest BCUT2D eigenvalue weighted by Gasteiger charge is -2.27. The summed E-state index contributed by atoms with van der Waals surface area (Å²) >= 11 is 0. The standard InChI is InChI=1S/C17H27NO2/c1-12(14-7-5-3-4-6-8-14)18-13(2)15-9-16(19)11-17(20)10-15/h9-14,18-20H,3-8H2,1-2H3/t12-,13?/m0/s1. The molecule has 0 aromatic heterocycles. The summed E-state index contributed by atoms with van der Waals surface area (Å²) in [4.78, 5) is 0. The zero-order valence-electron chi connectivity index (χ0n) is 12.6. The third-order valence-electron chi connectivity index (χ3n) is 4.54. The number of benzene rings is 1. The molecule has 0 heterocycles. The van der Waals surface area contributed by atoms with Gasteiger partial charge in [0.1, 0.15) is 11.5 Å². The van der Waals surface area contributed by atoms with Crippen molar-refractivity contribution in [2.75, 3.05) is 0 Å². The van der Waals surface area contributed by atoms with Crippen LogP contribution in [0.4, 0.5) is 0 Å². The second-order valence-corrected chi connectivity index (χ2v) is 6.21. The molecule has 0 saturated heterocycles. The van der Waals surface area contributed by atoms with Gasteiger partial charge in [0.05, 0.1) is 0 Å². The summed E-state index contributed by atoms with van der Waals surface area (Å²) < 4.78 is 0. The number of rotatable bonds is 4. The van der Waals surface area contributed by atoms with E-state index in [1.165, 1.54) is 44.6 Å². The lowest BCUT2D eigenvalue weighted by Crippen LogP contribution is -2.35. The SMILES string of the molecule is CC(N[C@@H](C)C1CCCCCC1)c1cc(O)cc(O)c1. The van der Waals surface area contributed by atoms with Crippen LogP contribution in [-0.4, -0.2) is 16.3 Å². The highest BCUT2D eigenvalue weighted by Crippen LogP contribution is 2.28. The van der Waals surface area contributed by atoms with Gasteiger partial charge in [-0.15, -0.1) is 0 Å². The molecule has 0 amide bonds. The molecule has 0 spiro atoms. The number of hydrogen-bond acceptors (Lipinski definition) is 3. The molecule has 2 atom stereocenters. The summed E-state index contributed by atoms with van der Waals surface area (Å²) in [6, 6.07) is 5.40. The van der Waals surface area contributed by atoms with Crippen molar-refractivity contribution in [2.45, 2.75) is 64.5 Å². The number of phenols is 2. The summed E-state index contributed by atoms with van der Waals surface area (Å²) in [6.07, 6.45) is 8.06. The van der Waals surface area contributed by atoms with Gasteiger partial charge in [-0.05, 0) is 50.3 Å². The third kappa shape index (κ3) is 4.14. The van der Waals surface area contributed by atoms with Crippen molar-refractivity contribution < 1.29 is 10.2 Å². The van der Waals surface area contributed by atoms with Crippen LogP contribution in [0.2, 0.25) is 0 Å². The Morgan fingerprint density at radius 2 is 1.50 bits per heavy atom. The Labute approximate surface area is 122 Å². The zero-order valence-corrected chi connectivity index (χ0v) is 12.6. The lowest BCUT2D eigenvalue weighted by molar-refractivity contribution is 0.316. The number of phenolic OH excluding ortho intramolecular Hbond substituents is 2. The molecule has 2 rings (SSSR count). The highest BCUT2D eigenvalue weighted by Gasteiger charge is 2.21. The third-order valence-corrected chi connectivity index (χ3v) is 4.54. The summed E-state index contributed by atoms with van der Waals surface area (Å²) in [5, 5.41) is 22.8. The van der Waals surface area contributed by atoms with Gasteiger partial charge in [0.25, 0.3) is 0 Å². The van der Waals surface area contributed by atoms with Crippen LogP contribution in [0.3, 0.4) is 0 Å². The van der Waals surface area contributed by atoms with E-state index in [4.69, 9.17) is 0 Å². The Hall–Kier alpha value is -1.22. The molecule has 20 heavy (non-hydrogen) atoms. The molecule has 0 radical (unpaired) electrons. The second-order valence-electron chi connectivity index (χ2n) is 6.21. The maximum atomic E-state index is 9.58. The fourth-order valence-electron chi connectivity index (χ4n) is 3.31. The Morgan fingerprint density at radius 1 is 0.950 bits per heavy atom. The lowest BCUT2D eigenvalue weighted by atomic mass is 9.92. The molecule has 1 aliphatic carbocycles. The monoisotopic (exact) mass is 277 g/mol. The minimum Gasteiger partial charge on any atom is -0.508 e. The predicted octanol–water partition coefficient (Wildman–Crippen LogP) is 4.11. The summed E-state index contributed by atoms with van der Waals surface area (Å²) in [6.45, 7) is 4.34. The van der Waals surface area contributed by atoms with Gasteiger partial charge < -0.3 is 15.5 Å². The Balaban J connectivity index is 1.97. The largest absolute Gasteiger partial charge is 0.508 e. The van der Waals surface area contributed by atoms with E-state index in [-0.39, 0.29) is 17.5 Å². The van der Waals surface area contributed by atoms with Gasteiger partial charge in [0.15, 0.2) is 0 Å². The van der Waals surface area contributed by atoms with Crippen molar-refractivity contribution in [1.82, 2.24) is 5.32 Å². The quantitative estimate of drug-likeness (QED) is 0.726. The highest BCUT2D eigenvalue weighted by molar-refractivity contribution is 5.37. The van der Waals surface area contributed by atoms with Gasteiger partial charge in [-0.1, -0.05) is 25.7 Å². The Bertz CT molecular complexity index is 405. The van der Waals surface area contributed by atoms with Gasteiger partial charge in [0, 0.05) is 18.2 Å². The molecule has 1 unspecified atom stereocenters. The average molecular weight is 277 g/mol. The molecule has 0 aliphatic heterocycles. The zero-order chi connectivity index (χ0) is 14.5. The Morgan fingerprint density at radius 3 is 2.05 bits per heavy atom. The first-order valence-corrected chi connectivity index (χ1v) is 7.85. The van der Waals surface area contributed by atoms with Crippen LogP contribution in [-0.2, 0) is 0 Å². The van der Waals surface area contributed by atoms with Gasteiger partial charge in [-0.2, -0.15) is 0 Å². The van der Waals surface area contributed by atoms with Crippen molar-refractivity contribution in [3.8, 4) is 11.5 Å². The molecule has 3 heteroatoms. The van der Waals surface area contributed by atoms with E-state index in [1.807, 2.05) is 0 Å². The van der Waals surface area contributed by atoms with E-state index in [2.05, 4.69) is 19.2 Å². The van der Waals surface area contributed by atoms with E-state index < -0.39 is 0 Å². The van der Waals surface area contributed by atoms with Crippen LogP contribution in [0.15, 0.2) is 18.2 Å². The number of hydrogen-bond donors (Lipinski definition) is 3. The van der Waals surface area contributed by atoms with Crippen LogP contribution < -0.4 is 5.32 Å². The van der Waals surface area contributed by atoms with Crippen LogP contribution >= 0.6 is 0 Å². The molecule has 0 bridgehead atoms. The van der Waals surface area contributed by atoms with Crippen molar-refractivity contribution >= 4 is 0 Å². The number of nitrogens with one attached hydrogen (secondary N) is 1. The van der Waals surface area contributed by atoms with Crippen LogP contribution in [0, 0.1) is 5.92 Å². The number of aromatic hydroxyl groups is 2. The maximum absolute atomic E-state index is 9.58. The first kappa shape index (κ1) is 15.2. The van der Waals surface area contributed by atoms with Crippen molar-refractivity contribution in [3.05, 3.63) is 23.8 Å². The van der Waals surface area contributed by atoms with Crippen LogP contribution in [0.5, 0.6) is 11.5 Å². The maximum Gasteiger partial charge on any atom is 0.119 e.